The van der Waals surface area contributed by atoms with Crippen LogP contribution in [0.1, 0.15) is 26.3 Å². The first kappa shape index (κ1) is 26.5. The Hall–Kier alpha value is -3.56. The van der Waals surface area contributed by atoms with Crippen LogP contribution in [0.15, 0.2) is 83.9 Å². The third kappa shape index (κ3) is 5.89. The molecule has 1 aromatic heterocycles. The molecule has 194 valence electrons. The van der Waals surface area contributed by atoms with Gasteiger partial charge in [0, 0.05) is 43.4 Å². The quantitative estimate of drug-likeness (QED) is 0.515. The molecule has 1 aliphatic rings. The number of carbonyl (C=O) groups excluding carboxylic acids is 2. The summed E-state index contributed by atoms with van der Waals surface area (Å²) < 4.78 is 28.0. The molecule has 9 heteroatoms. The third-order valence-corrected chi connectivity index (χ3v) is 8.31. The van der Waals surface area contributed by atoms with Gasteiger partial charge in [0.25, 0.3) is 0 Å². The second kappa shape index (κ2) is 11.2. The van der Waals surface area contributed by atoms with E-state index in [0.717, 1.165) is 16.8 Å². The zero-order valence-electron chi connectivity index (χ0n) is 21.2. The Balaban J connectivity index is 1.52. The first-order valence-corrected chi connectivity index (χ1v) is 13.8. The number of piperazine rings is 1. The van der Waals surface area contributed by atoms with Gasteiger partial charge in [0.05, 0.1) is 10.6 Å². The van der Waals surface area contributed by atoms with Crippen molar-refractivity contribution in [2.45, 2.75) is 44.3 Å². The number of nitrogens with one attached hydrogen (secondary N) is 1. The molecule has 0 radical (unpaired) electrons. The predicted octanol–water partition coefficient (Wildman–Crippen LogP) is 3.31. The van der Waals surface area contributed by atoms with Crippen LogP contribution in [-0.2, 0) is 26.2 Å². The van der Waals surface area contributed by atoms with E-state index in [9.17, 15) is 18.0 Å². The summed E-state index contributed by atoms with van der Waals surface area (Å²) >= 11 is 0. The van der Waals surface area contributed by atoms with Gasteiger partial charge in [-0.1, -0.05) is 62.4 Å². The van der Waals surface area contributed by atoms with Crippen molar-refractivity contribution in [1.29, 1.82) is 0 Å². The summed E-state index contributed by atoms with van der Waals surface area (Å²) in [6.07, 6.45) is 1.74. The first-order valence-electron chi connectivity index (χ1n) is 12.3. The molecule has 8 nitrogen and oxygen atoms in total. The van der Waals surface area contributed by atoms with Gasteiger partial charge < -0.3 is 10.2 Å². The lowest BCUT2D eigenvalue weighted by Gasteiger charge is -2.44. The van der Waals surface area contributed by atoms with Crippen LogP contribution in [0.3, 0.4) is 0 Å². The maximum absolute atomic E-state index is 13.4. The van der Waals surface area contributed by atoms with Crippen molar-refractivity contribution < 1.29 is 18.0 Å². The molecule has 37 heavy (non-hydrogen) atoms. The molecule has 3 aromatic rings. The lowest BCUT2D eigenvalue weighted by atomic mass is 10.0. The maximum atomic E-state index is 13.4. The summed E-state index contributed by atoms with van der Waals surface area (Å²) in [6.45, 7) is 5.60. The van der Waals surface area contributed by atoms with Crippen LogP contribution in [0.2, 0.25) is 0 Å². The molecule has 1 fully saturated rings. The second-order valence-corrected chi connectivity index (χ2v) is 11.5. The monoisotopic (exact) mass is 520 g/mol. The minimum atomic E-state index is -3.82. The highest BCUT2D eigenvalue weighted by Gasteiger charge is 2.43. The van der Waals surface area contributed by atoms with Gasteiger partial charge in [-0.05, 0) is 36.8 Å². The minimum Gasteiger partial charge on any atom is -0.350 e. The van der Waals surface area contributed by atoms with Crippen LogP contribution in [0.5, 0.6) is 0 Å². The van der Waals surface area contributed by atoms with E-state index < -0.39 is 22.1 Å². The van der Waals surface area contributed by atoms with Crippen molar-refractivity contribution in [3.8, 4) is 11.3 Å². The fraction of sp³-hybridized carbons (Fsp3) is 0.321. The number of pyridine rings is 1. The van der Waals surface area contributed by atoms with Crippen LogP contribution in [0, 0.1) is 5.92 Å². The van der Waals surface area contributed by atoms with Gasteiger partial charge in [0.1, 0.15) is 6.04 Å². The molecule has 2 aromatic carbocycles. The van der Waals surface area contributed by atoms with E-state index in [1.807, 2.05) is 42.5 Å². The third-order valence-electron chi connectivity index (χ3n) is 6.47. The molecule has 0 aliphatic carbocycles. The highest BCUT2D eigenvalue weighted by atomic mass is 32.2. The Bertz CT molecular complexity index is 1330. The van der Waals surface area contributed by atoms with E-state index in [1.54, 1.807) is 50.1 Å². The average molecular weight is 521 g/mol. The van der Waals surface area contributed by atoms with Gasteiger partial charge in [0.15, 0.2) is 0 Å². The van der Waals surface area contributed by atoms with Gasteiger partial charge in [-0.2, -0.15) is 4.31 Å². The molecule has 2 amide bonds. The second-order valence-electron chi connectivity index (χ2n) is 9.53. The Morgan fingerprint density at radius 2 is 1.65 bits per heavy atom. The van der Waals surface area contributed by atoms with E-state index in [4.69, 9.17) is 0 Å². The lowest BCUT2D eigenvalue weighted by Crippen LogP contribution is -2.65. The van der Waals surface area contributed by atoms with E-state index >= 15 is 0 Å². The Labute approximate surface area is 218 Å². The van der Waals surface area contributed by atoms with Crippen LogP contribution >= 0.6 is 0 Å². The number of amides is 2. The summed E-state index contributed by atoms with van der Waals surface area (Å²) in [4.78, 5) is 32.5. The molecule has 0 bridgehead atoms. The van der Waals surface area contributed by atoms with Crippen molar-refractivity contribution >= 4 is 21.8 Å². The maximum Gasteiger partial charge on any atom is 0.244 e. The van der Waals surface area contributed by atoms with E-state index in [0.29, 0.717) is 0 Å². The number of rotatable bonds is 7. The summed E-state index contributed by atoms with van der Waals surface area (Å²) in [5.74, 6) is -0.888. The zero-order chi connectivity index (χ0) is 26.6. The van der Waals surface area contributed by atoms with Crippen molar-refractivity contribution in [2.75, 3.05) is 13.1 Å². The standard InChI is InChI=1S/C28H32N4O4S/c1-20(2)28(34)32-21(3)18-31(37(35,36)24-9-5-4-6-10-24)19-26(32)27(33)30-17-22-12-14-23(15-13-22)25-11-7-8-16-29-25/h4-16,20-21,26H,17-19H2,1-3H3,(H,30,33). The summed E-state index contributed by atoms with van der Waals surface area (Å²) in [6, 6.07) is 20.2. The highest BCUT2D eigenvalue weighted by molar-refractivity contribution is 7.89. The van der Waals surface area contributed by atoms with E-state index in [-0.39, 0.29) is 42.3 Å². The van der Waals surface area contributed by atoms with Gasteiger partial charge in [-0.3, -0.25) is 14.6 Å². The van der Waals surface area contributed by atoms with Gasteiger partial charge >= 0.3 is 0 Å². The molecule has 1 aliphatic heterocycles. The molecular weight excluding hydrogens is 488 g/mol. The number of aromatic nitrogens is 1. The Kier molecular flexibility index (Phi) is 8.04. The van der Waals surface area contributed by atoms with E-state index in [1.165, 1.54) is 16.4 Å². The number of nitrogens with zero attached hydrogens (tertiary/aromatic N) is 3. The van der Waals surface area contributed by atoms with Crippen molar-refractivity contribution in [2.24, 2.45) is 5.92 Å². The van der Waals surface area contributed by atoms with Crippen LogP contribution in [0.4, 0.5) is 0 Å². The minimum absolute atomic E-state index is 0.107. The fourth-order valence-electron chi connectivity index (χ4n) is 4.50. The smallest absolute Gasteiger partial charge is 0.244 e. The average Bonchev–Trinajstić information content (AvgIpc) is 2.92. The number of benzene rings is 2. The molecule has 2 heterocycles. The summed E-state index contributed by atoms with van der Waals surface area (Å²) in [5.41, 5.74) is 2.71. The molecule has 1 saturated heterocycles. The molecule has 0 spiro atoms. The fourth-order valence-corrected chi connectivity index (χ4v) is 6.04. The lowest BCUT2D eigenvalue weighted by molar-refractivity contribution is -0.148. The highest BCUT2D eigenvalue weighted by Crippen LogP contribution is 2.25. The van der Waals surface area contributed by atoms with Crippen LogP contribution < -0.4 is 5.32 Å². The SMILES string of the molecule is CC(C)C(=O)N1C(C)CN(S(=O)(=O)c2ccccc2)CC1C(=O)NCc1ccc(-c2ccccn2)cc1. The number of hydrogen-bond donors (Lipinski definition) is 1. The molecule has 0 saturated carbocycles. The van der Waals surface area contributed by atoms with Gasteiger partial charge in [-0.15, -0.1) is 0 Å². The number of hydrogen-bond acceptors (Lipinski definition) is 5. The molecule has 4 rings (SSSR count). The number of carbonyl (C=O) groups is 2. The molecular formula is C28H32N4O4S. The van der Waals surface area contributed by atoms with Crippen molar-refractivity contribution in [3.63, 3.8) is 0 Å². The Morgan fingerprint density at radius 1 is 0.973 bits per heavy atom. The molecule has 1 N–H and O–H groups in total. The predicted molar refractivity (Wildman–Crippen MR) is 142 cm³/mol. The van der Waals surface area contributed by atoms with Gasteiger partial charge in [0.2, 0.25) is 21.8 Å². The van der Waals surface area contributed by atoms with Crippen LogP contribution in [-0.4, -0.2) is 59.6 Å². The molecule has 2 unspecified atom stereocenters. The summed E-state index contributed by atoms with van der Waals surface area (Å²) in [5, 5.41) is 2.91. The van der Waals surface area contributed by atoms with E-state index in [2.05, 4.69) is 10.3 Å². The normalized spacial score (nSPS) is 18.5. The van der Waals surface area contributed by atoms with Crippen LogP contribution in [0.25, 0.3) is 11.3 Å². The first-order chi connectivity index (χ1) is 17.7. The molecule has 2 atom stereocenters. The van der Waals surface area contributed by atoms with Crippen molar-refractivity contribution in [3.05, 3.63) is 84.6 Å². The van der Waals surface area contributed by atoms with Gasteiger partial charge in [-0.25, -0.2) is 8.42 Å². The van der Waals surface area contributed by atoms with Crippen molar-refractivity contribution in [1.82, 2.24) is 19.5 Å². The number of sulfonamides is 1. The largest absolute Gasteiger partial charge is 0.350 e. The Morgan fingerprint density at radius 3 is 2.27 bits per heavy atom. The summed E-state index contributed by atoms with van der Waals surface area (Å²) in [7, 11) is -3.82. The zero-order valence-corrected chi connectivity index (χ0v) is 22.1. The topological polar surface area (TPSA) is 99.7 Å².